The lowest BCUT2D eigenvalue weighted by molar-refractivity contribution is 0.0840. The van der Waals surface area contributed by atoms with Gasteiger partial charge < -0.3 is 10.8 Å². The van der Waals surface area contributed by atoms with E-state index in [4.69, 9.17) is 5.73 Å². The van der Waals surface area contributed by atoms with E-state index in [1.807, 2.05) is 12.1 Å². The molecule has 0 bridgehead atoms. The zero-order chi connectivity index (χ0) is 13.9. The first kappa shape index (κ1) is 14.5. The van der Waals surface area contributed by atoms with Crippen molar-refractivity contribution in [2.45, 2.75) is 63.0 Å². The van der Waals surface area contributed by atoms with E-state index >= 15 is 0 Å². The van der Waals surface area contributed by atoms with Gasteiger partial charge in [-0.3, -0.25) is 0 Å². The number of rotatable bonds is 4. The number of halogens is 1. The Morgan fingerprint density at radius 1 is 1.32 bits per heavy atom. The molecule has 1 fully saturated rings. The average Bonchev–Trinajstić information content (AvgIpc) is 2.41. The SMILES string of the molecule is CCC[C@@H](N)C1(c2ccc(F)cc2)CCC(O)CC1. The number of aliphatic hydroxyl groups is 1. The van der Waals surface area contributed by atoms with Crippen LogP contribution >= 0.6 is 0 Å². The van der Waals surface area contributed by atoms with Crippen molar-refractivity contribution in [2.24, 2.45) is 5.73 Å². The predicted octanol–water partition coefficient (Wildman–Crippen LogP) is 3.13. The molecule has 1 aromatic rings. The second-order valence-corrected chi connectivity index (χ2v) is 5.79. The third-order valence-corrected chi connectivity index (χ3v) is 4.58. The number of nitrogens with two attached hydrogens (primary N) is 1. The summed E-state index contributed by atoms with van der Waals surface area (Å²) in [5, 5.41) is 9.74. The molecule has 2 rings (SSSR count). The normalized spacial score (nSPS) is 29.2. The lowest BCUT2D eigenvalue weighted by Crippen LogP contribution is -2.48. The topological polar surface area (TPSA) is 46.2 Å². The molecule has 0 amide bonds. The van der Waals surface area contributed by atoms with Gasteiger partial charge in [0.2, 0.25) is 0 Å². The Balaban J connectivity index is 2.30. The van der Waals surface area contributed by atoms with Gasteiger partial charge in [-0.15, -0.1) is 0 Å². The largest absolute Gasteiger partial charge is 0.393 e. The van der Waals surface area contributed by atoms with Crippen molar-refractivity contribution in [2.75, 3.05) is 0 Å². The summed E-state index contributed by atoms with van der Waals surface area (Å²) in [5.74, 6) is -0.209. The third-order valence-electron chi connectivity index (χ3n) is 4.58. The van der Waals surface area contributed by atoms with E-state index in [0.717, 1.165) is 44.1 Å². The van der Waals surface area contributed by atoms with Gasteiger partial charge in [-0.05, 0) is 49.8 Å². The first-order valence-corrected chi connectivity index (χ1v) is 7.28. The smallest absolute Gasteiger partial charge is 0.123 e. The summed E-state index contributed by atoms with van der Waals surface area (Å²) in [4.78, 5) is 0. The Morgan fingerprint density at radius 3 is 2.42 bits per heavy atom. The van der Waals surface area contributed by atoms with Crippen LogP contribution in [0.25, 0.3) is 0 Å². The van der Waals surface area contributed by atoms with Crippen LogP contribution in [-0.2, 0) is 5.41 Å². The molecule has 2 nitrogen and oxygen atoms in total. The maximum absolute atomic E-state index is 13.1. The summed E-state index contributed by atoms with van der Waals surface area (Å²) in [6, 6.07) is 6.84. The monoisotopic (exact) mass is 265 g/mol. The fraction of sp³-hybridized carbons (Fsp3) is 0.625. The molecule has 3 heteroatoms. The fourth-order valence-electron chi connectivity index (χ4n) is 3.36. The molecule has 0 saturated heterocycles. The maximum Gasteiger partial charge on any atom is 0.123 e. The van der Waals surface area contributed by atoms with Crippen molar-refractivity contribution in [3.05, 3.63) is 35.6 Å². The zero-order valence-electron chi connectivity index (χ0n) is 11.6. The molecule has 3 N–H and O–H groups in total. The summed E-state index contributed by atoms with van der Waals surface area (Å²) in [6.07, 6.45) is 5.16. The van der Waals surface area contributed by atoms with Gasteiger partial charge in [-0.25, -0.2) is 4.39 Å². The van der Waals surface area contributed by atoms with Crippen molar-refractivity contribution in [1.29, 1.82) is 0 Å². The molecule has 1 aliphatic carbocycles. The Labute approximate surface area is 114 Å². The molecule has 0 unspecified atom stereocenters. The number of aliphatic hydroxyl groups excluding tert-OH is 1. The lowest BCUT2D eigenvalue weighted by atomic mass is 9.63. The summed E-state index contributed by atoms with van der Waals surface area (Å²) >= 11 is 0. The van der Waals surface area contributed by atoms with Crippen LogP contribution in [0.5, 0.6) is 0 Å². The van der Waals surface area contributed by atoms with Gasteiger partial charge in [0.05, 0.1) is 6.10 Å². The van der Waals surface area contributed by atoms with Crippen LogP contribution in [0.2, 0.25) is 0 Å². The van der Waals surface area contributed by atoms with Crippen LogP contribution in [0.4, 0.5) is 4.39 Å². The van der Waals surface area contributed by atoms with Crippen molar-refractivity contribution >= 4 is 0 Å². The molecule has 1 saturated carbocycles. The first-order valence-electron chi connectivity index (χ1n) is 7.28. The van der Waals surface area contributed by atoms with Gasteiger partial charge in [-0.2, -0.15) is 0 Å². The van der Waals surface area contributed by atoms with Gasteiger partial charge in [0, 0.05) is 11.5 Å². The third kappa shape index (κ3) is 2.98. The molecule has 0 radical (unpaired) electrons. The lowest BCUT2D eigenvalue weighted by Gasteiger charge is -2.44. The summed E-state index contributed by atoms with van der Waals surface area (Å²) in [7, 11) is 0. The highest BCUT2D eigenvalue weighted by atomic mass is 19.1. The van der Waals surface area contributed by atoms with E-state index in [1.54, 1.807) is 0 Å². The molecule has 0 aromatic heterocycles. The van der Waals surface area contributed by atoms with Crippen molar-refractivity contribution in [1.82, 2.24) is 0 Å². The van der Waals surface area contributed by atoms with Crippen LogP contribution in [-0.4, -0.2) is 17.3 Å². The fourth-order valence-corrected chi connectivity index (χ4v) is 3.36. The number of hydrogen-bond acceptors (Lipinski definition) is 2. The number of hydrogen-bond donors (Lipinski definition) is 2. The van der Waals surface area contributed by atoms with Gasteiger partial charge in [0.1, 0.15) is 5.82 Å². The van der Waals surface area contributed by atoms with Gasteiger partial charge in [0.15, 0.2) is 0 Å². The highest BCUT2D eigenvalue weighted by molar-refractivity contribution is 5.29. The molecule has 0 heterocycles. The highest BCUT2D eigenvalue weighted by Crippen LogP contribution is 2.42. The summed E-state index contributed by atoms with van der Waals surface area (Å²) in [5.41, 5.74) is 7.47. The Bertz CT molecular complexity index is 396. The predicted molar refractivity (Wildman–Crippen MR) is 75.4 cm³/mol. The Morgan fingerprint density at radius 2 is 1.89 bits per heavy atom. The zero-order valence-corrected chi connectivity index (χ0v) is 11.6. The van der Waals surface area contributed by atoms with Crippen LogP contribution < -0.4 is 5.73 Å². The Kier molecular flexibility index (Phi) is 4.58. The van der Waals surface area contributed by atoms with E-state index in [-0.39, 0.29) is 23.4 Å². The second-order valence-electron chi connectivity index (χ2n) is 5.79. The standard InChI is InChI=1S/C16H24FNO/c1-2-3-15(18)16(10-8-14(19)9-11-16)12-4-6-13(17)7-5-12/h4-7,14-15,19H,2-3,8-11,18H2,1H3/t14?,15-,16?/m1/s1. The minimum absolute atomic E-state index is 0.0791. The van der Waals surface area contributed by atoms with Crippen LogP contribution in [0.3, 0.4) is 0 Å². The van der Waals surface area contributed by atoms with E-state index < -0.39 is 0 Å². The van der Waals surface area contributed by atoms with Crippen LogP contribution in [0, 0.1) is 5.82 Å². The minimum atomic E-state index is -0.209. The van der Waals surface area contributed by atoms with E-state index in [0.29, 0.717) is 0 Å². The summed E-state index contributed by atoms with van der Waals surface area (Å²) in [6.45, 7) is 2.13. The van der Waals surface area contributed by atoms with E-state index in [1.165, 1.54) is 12.1 Å². The van der Waals surface area contributed by atoms with Gasteiger partial charge >= 0.3 is 0 Å². The highest BCUT2D eigenvalue weighted by Gasteiger charge is 2.40. The van der Waals surface area contributed by atoms with E-state index in [2.05, 4.69) is 6.92 Å². The van der Waals surface area contributed by atoms with E-state index in [9.17, 15) is 9.50 Å². The van der Waals surface area contributed by atoms with Crippen molar-refractivity contribution in [3.63, 3.8) is 0 Å². The maximum atomic E-state index is 13.1. The molecule has 0 spiro atoms. The molecule has 1 aromatic carbocycles. The molecular formula is C16H24FNO. The molecule has 1 aliphatic rings. The van der Waals surface area contributed by atoms with Crippen LogP contribution in [0.15, 0.2) is 24.3 Å². The molecular weight excluding hydrogens is 241 g/mol. The molecule has 0 aliphatic heterocycles. The van der Waals surface area contributed by atoms with Crippen molar-refractivity contribution in [3.8, 4) is 0 Å². The van der Waals surface area contributed by atoms with Gasteiger partial charge in [0.25, 0.3) is 0 Å². The summed E-state index contributed by atoms with van der Waals surface area (Å²) < 4.78 is 13.1. The second kappa shape index (κ2) is 6.02. The average molecular weight is 265 g/mol. The minimum Gasteiger partial charge on any atom is -0.393 e. The first-order chi connectivity index (χ1) is 9.08. The van der Waals surface area contributed by atoms with Crippen molar-refractivity contribution < 1.29 is 9.50 Å². The van der Waals surface area contributed by atoms with Gasteiger partial charge in [-0.1, -0.05) is 25.5 Å². The Hall–Kier alpha value is -0.930. The molecule has 19 heavy (non-hydrogen) atoms. The molecule has 106 valence electrons. The quantitative estimate of drug-likeness (QED) is 0.878. The number of benzene rings is 1. The van der Waals surface area contributed by atoms with Crippen LogP contribution in [0.1, 0.15) is 51.0 Å². The molecule has 1 atom stereocenters.